The van der Waals surface area contributed by atoms with E-state index in [4.69, 9.17) is 4.74 Å². The first kappa shape index (κ1) is 9.98. The Hall–Kier alpha value is -0.100. The van der Waals surface area contributed by atoms with Gasteiger partial charge in [0.15, 0.2) is 0 Å². The van der Waals surface area contributed by atoms with Crippen LogP contribution in [0.25, 0.3) is 0 Å². The summed E-state index contributed by atoms with van der Waals surface area (Å²) in [5.41, 5.74) is 1.16. The van der Waals surface area contributed by atoms with Crippen LogP contribution >= 0.6 is 22.6 Å². The van der Waals surface area contributed by atoms with Gasteiger partial charge in [-0.25, -0.2) is 0 Å². The maximum absolute atomic E-state index is 5.09. The molecule has 68 valence electrons. The summed E-state index contributed by atoms with van der Waals surface area (Å²) in [6.45, 7) is 4.86. The fourth-order valence-electron chi connectivity index (χ4n) is 1.08. The standard InChI is InChI=1S/C8H13IN2O/c1-6(2)11-8(5-12-3)7(9)4-10-11/h4,6H,5H2,1-3H3. The highest BCUT2D eigenvalue weighted by molar-refractivity contribution is 14.1. The molecule has 0 spiro atoms. The Bertz CT molecular complexity index is 258. The lowest BCUT2D eigenvalue weighted by atomic mass is 10.3. The van der Waals surface area contributed by atoms with Crippen LogP contribution in [-0.4, -0.2) is 16.9 Å². The number of methoxy groups -OCH3 is 1. The van der Waals surface area contributed by atoms with Crippen molar-refractivity contribution in [3.8, 4) is 0 Å². The molecule has 0 bridgehead atoms. The summed E-state index contributed by atoms with van der Waals surface area (Å²) in [7, 11) is 1.70. The van der Waals surface area contributed by atoms with Crippen molar-refractivity contribution < 1.29 is 4.74 Å². The smallest absolute Gasteiger partial charge is 0.0891 e. The van der Waals surface area contributed by atoms with Gasteiger partial charge in [0, 0.05) is 13.2 Å². The van der Waals surface area contributed by atoms with Gasteiger partial charge in [-0.15, -0.1) is 0 Å². The molecule has 0 atom stereocenters. The van der Waals surface area contributed by atoms with E-state index in [1.54, 1.807) is 7.11 Å². The molecular formula is C8H13IN2O. The largest absolute Gasteiger partial charge is 0.378 e. The molecule has 1 rings (SSSR count). The van der Waals surface area contributed by atoms with Gasteiger partial charge < -0.3 is 4.74 Å². The summed E-state index contributed by atoms with van der Waals surface area (Å²) in [6, 6.07) is 0.402. The van der Waals surface area contributed by atoms with E-state index in [-0.39, 0.29) is 0 Å². The van der Waals surface area contributed by atoms with Crippen molar-refractivity contribution in [2.45, 2.75) is 26.5 Å². The Morgan fingerprint density at radius 2 is 2.33 bits per heavy atom. The molecule has 1 aromatic heterocycles. The third kappa shape index (κ3) is 1.98. The van der Waals surface area contributed by atoms with Crippen molar-refractivity contribution in [3.63, 3.8) is 0 Å². The van der Waals surface area contributed by atoms with E-state index < -0.39 is 0 Å². The SMILES string of the molecule is COCc1c(I)cnn1C(C)C. The number of aromatic nitrogens is 2. The van der Waals surface area contributed by atoms with Crippen LogP contribution in [0.1, 0.15) is 25.6 Å². The van der Waals surface area contributed by atoms with E-state index in [9.17, 15) is 0 Å². The minimum atomic E-state index is 0.402. The summed E-state index contributed by atoms with van der Waals surface area (Å²) >= 11 is 2.27. The number of hydrogen-bond acceptors (Lipinski definition) is 2. The Labute approximate surface area is 86.2 Å². The van der Waals surface area contributed by atoms with Crippen molar-refractivity contribution in [3.05, 3.63) is 15.5 Å². The van der Waals surface area contributed by atoms with Crippen LogP contribution in [0.15, 0.2) is 6.20 Å². The van der Waals surface area contributed by atoms with Gasteiger partial charge >= 0.3 is 0 Å². The first-order valence-electron chi connectivity index (χ1n) is 3.87. The summed E-state index contributed by atoms with van der Waals surface area (Å²) in [5.74, 6) is 0. The molecule has 1 aromatic rings. The van der Waals surface area contributed by atoms with Crippen molar-refractivity contribution in [1.82, 2.24) is 9.78 Å². The quantitative estimate of drug-likeness (QED) is 0.794. The van der Waals surface area contributed by atoms with Crippen LogP contribution < -0.4 is 0 Å². The monoisotopic (exact) mass is 280 g/mol. The maximum Gasteiger partial charge on any atom is 0.0891 e. The lowest BCUT2D eigenvalue weighted by molar-refractivity contribution is 0.174. The van der Waals surface area contributed by atoms with E-state index in [0.29, 0.717) is 12.6 Å². The molecule has 0 fully saturated rings. The third-order valence-electron chi connectivity index (χ3n) is 1.62. The zero-order valence-corrected chi connectivity index (χ0v) is 9.70. The molecule has 0 aliphatic rings. The van der Waals surface area contributed by atoms with Crippen molar-refractivity contribution >= 4 is 22.6 Å². The predicted molar refractivity (Wildman–Crippen MR) is 56.0 cm³/mol. The normalized spacial score (nSPS) is 11.1. The Morgan fingerprint density at radius 1 is 1.67 bits per heavy atom. The van der Waals surface area contributed by atoms with Crippen molar-refractivity contribution in [2.24, 2.45) is 0 Å². The predicted octanol–water partition coefficient (Wildman–Crippen LogP) is 2.21. The molecule has 0 saturated heterocycles. The van der Waals surface area contributed by atoms with Crippen LogP contribution in [0.3, 0.4) is 0 Å². The molecule has 3 nitrogen and oxygen atoms in total. The van der Waals surface area contributed by atoms with Gasteiger partial charge in [-0.3, -0.25) is 4.68 Å². The highest BCUT2D eigenvalue weighted by Gasteiger charge is 2.09. The fourth-order valence-corrected chi connectivity index (χ4v) is 1.61. The van der Waals surface area contributed by atoms with Crippen LogP contribution in [-0.2, 0) is 11.3 Å². The zero-order chi connectivity index (χ0) is 9.14. The molecule has 12 heavy (non-hydrogen) atoms. The Balaban J connectivity index is 2.95. The van der Waals surface area contributed by atoms with Gasteiger partial charge in [0.25, 0.3) is 0 Å². The van der Waals surface area contributed by atoms with E-state index in [1.807, 2.05) is 10.9 Å². The zero-order valence-electron chi connectivity index (χ0n) is 7.54. The lowest BCUT2D eigenvalue weighted by Gasteiger charge is -2.10. The minimum Gasteiger partial charge on any atom is -0.378 e. The van der Waals surface area contributed by atoms with E-state index >= 15 is 0 Å². The molecule has 4 heteroatoms. The van der Waals surface area contributed by atoms with E-state index in [2.05, 4.69) is 41.5 Å². The first-order valence-corrected chi connectivity index (χ1v) is 4.95. The van der Waals surface area contributed by atoms with Crippen molar-refractivity contribution in [2.75, 3.05) is 7.11 Å². The highest BCUT2D eigenvalue weighted by Crippen LogP contribution is 2.16. The van der Waals surface area contributed by atoms with E-state index in [1.165, 1.54) is 3.57 Å². The van der Waals surface area contributed by atoms with Gasteiger partial charge in [-0.2, -0.15) is 5.10 Å². The maximum atomic E-state index is 5.09. The van der Waals surface area contributed by atoms with E-state index in [0.717, 1.165) is 5.69 Å². The summed E-state index contributed by atoms with van der Waals surface area (Å²) in [6.07, 6.45) is 1.87. The number of nitrogens with zero attached hydrogens (tertiary/aromatic N) is 2. The van der Waals surface area contributed by atoms with Crippen LogP contribution in [0.4, 0.5) is 0 Å². The van der Waals surface area contributed by atoms with Crippen LogP contribution in [0, 0.1) is 3.57 Å². The third-order valence-corrected chi connectivity index (χ3v) is 2.52. The molecule has 0 radical (unpaired) electrons. The molecule has 0 unspecified atom stereocenters. The average Bonchev–Trinajstić information content (AvgIpc) is 2.34. The molecule has 0 aliphatic carbocycles. The lowest BCUT2D eigenvalue weighted by Crippen LogP contribution is -2.08. The second-order valence-electron chi connectivity index (χ2n) is 2.91. The highest BCUT2D eigenvalue weighted by atomic mass is 127. The summed E-state index contributed by atoms with van der Waals surface area (Å²) < 4.78 is 8.25. The second kappa shape index (κ2) is 4.23. The molecule has 1 heterocycles. The second-order valence-corrected chi connectivity index (χ2v) is 4.07. The molecular weight excluding hydrogens is 267 g/mol. The first-order chi connectivity index (χ1) is 5.66. The number of ether oxygens (including phenoxy) is 1. The van der Waals surface area contributed by atoms with Gasteiger partial charge in [-0.05, 0) is 36.4 Å². The molecule has 0 saturated carbocycles. The number of hydrogen-bond donors (Lipinski definition) is 0. The summed E-state index contributed by atoms with van der Waals surface area (Å²) in [5, 5.41) is 4.26. The topological polar surface area (TPSA) is 27.1 Å². The molecule has 0 aromatic carbocycles. The Kier molecular flexibility index (Phi) is 3.52. The van der Waals surface area contributed by atoms with Crippen LogP contribution in [0.5, 0.6) is 0 Å². The Morgan fingerprint density at radius 3 is 2.83 bits per heavy atom. The summed E-state index contributed by atoms with van der Waals surface area (Å²) in [4.78, 5) is 0. The fraction of sp³-hybridized carbons (Fsp3) is 0.625. The average molecular weight is 280 g/mol. The van der Waals surface area contributed by atoms with Gasteiger partial charge in [0.1, 0.15) is 0 Å². The molecule has 0 amide bonds. The van der Waals surface area contributed by atoms with Gasteiger partial charge in [0.05, 0.1) is 22.1 Å². The molecule has 0 N–H and O–H groups in total. The minimum absolute atomic E-state index is 0.402. The van der Waals surface area contributed by atoms with Crippen molar-refractivity contribution in [1.29, 1.82) is 0 Å². The number of halogens is 1. The number of rotatable bonds is 3. The van der Waals surface area contributed by atoms with Gasteiger partial charge in [0.2, 0.25) is 0 Å². The van der Waals surface area contributed by atoms with Crippen LogP contribution in [0.2, 0.25) is 0 Å². The molecule has 0 aliphatic heterocycles. The van der Waals surface area contributed by atoms with Gasteiger partial charge in [-0.1, -0.05) is 0 Å².